The minimum atomic E-state index is -0.193. The van der Waals surface area contributed by atoms with Crippen LogP contribution in [0.25, 0.3) is 0 Å². The topological polar surface area (TPSA) is 66.5 Å². The minimum absolute atomic E-state index is 0.0544. The first kappa shape index (κ1) is 23.7. The lowest BCUT2D eigenvalue weighted by Crippen LogP contribution is -2.42. The van der Waals surface area contributed by atoms with Gasteiger partial charge in [0.1, 0.15) is 12.4 Å². The van der Waals surface area contributed by atoms with Crippen molar-refractivity contribution in [2.45, 2.75) is 38.1 Å². The van der Waals surface area contributed by atoms with Gasteiger partial charge >= 0.3 is 0 Å². The summed E-state index contributed by atoms with van der Waals surface area (Å²) in [5.41, 5.74) is 3.30. The Kier molecular flexibility index (Phi) is 8.43. The fourth-order valence-corrected chi connectivity index (χ4v) is 4.32. The van der Waals surface area contributed by atoms with Gasteiger partial charge in [-0.3, -0.25) is 14.7 Å². The Labute approximate surface area is 201 Å². The van der Waals surface area contributed by atoms with Gasteiger partial charge in [0.05, 0.1) is 6.04 Å². The van der Waals surface area contributed by atoms with E-state index >= 15 is 0 Å². The van der Waals surface area contributed by atoms with Gasteiger partial charge in [-0.15, -0.1) is 0 Å². The monoisotopic (exact) mass is 456 g/mol. The van der Waals surface area contributed by atoms with Gasteiger partial charge < -0.3 is 15.4 Å². The van der Waals surface area contributed by atoms with Crippen molar-refractivity contribution in [1.29, 1.82) is 0 Å². The minimum Gasteiger partial charge on any atom is -0.489 e. The fraction of sp³-hybridized carbons (Fsp3) is 0.286. The third-order valence-corrected chi connectivity index (χ3v) is 6.03. The number of benzene rings is 2. The van der Waals surface area contributed by atoms with E-state index in [-0.39, 0.29) is 18.0 Å². The molecule has 34 heavy (non-hydrogen) atoms. The van der Waals surface area contributed by atoms with E-state index in [9.17, 15) is 4.79 Å². The molecule has 0 spiro atoms. The maximum absolute atomic E-state index is 13.2. The lowest BCUT2D eigenvalue weighted by atomic mass is 10.1. The molecule has 1 amide bonds. The Balaban J connectivity index is 1.41. The molecular formula is C28H32N4O2. The molecule has 1 aromatic heterocycles. The molecule has 1 fully saturated rings. The highest BCUT2D eigenvalue weighted by atomic mass is 16.5. The van der Waals surface area contributed by atoms with Crippen LogP contribution in [-0.2, 0) is 24.4 Å². The summed E-state index contributed by atoms with van der Waals surface area (Å²) >= 11 is 0. The number of pyridine rings is 1. The number of rotatable bonds is 11. The molecule has 2 atom stereocenters. The molecule has 2 aromatic carbocycles. The van der Waals surface area contributed by atoms with Crippen molar-refractivity contribution >= 4 is 5.91 Å². The smallest absolute Gasteiger partial charge is 0.237 e. The number of carbonyl (C=O) groups is 1. The van der Waals surface area contributed by atoms with Crippen molar-refractivity contribution in [3.8, 4) is 5.75 Å². The van der Waals surface area contributed by atoms with E-state index in [2.05, 4.69) is 45.3 Å². The molecule has 1 aliphatic heterocycles. The molecule has 0 unspecified atom stereocenters. The highest BCUT2D eigenvalue weighted by Gasteiger charge is 2.36. The average molecular weight is 457 g/mol. The molecule has 3 aromatic rings. The van der Waals surface area contributed by atoms with E-state index in [1.165, 1.54) is 5.56 Å². The number of aromatic nitrogens is 1. The summed E-state index contributed by atoms with van der Waals surface area (Å²) < 4.78 is 5.80. The molecule has 2 N–H and O–H groups in total. The van der Waals surface area contributed by atoms with Crippen LogP contribution >= 0.6 is 0 Å². The van der Waals surface area contributed by atoms with Gasteiger partial charge in [0, 0.05) is 50.2 Å². The van der Waals surface area contributed by atoms with Crippen LogP contribution in [0.2, 0.25) is 0 Å². The molecule has 2 heterocycles. The van der Waals surface area contributed by atoms with Gasteiger partial charge in [-0.1, -0.05) is 67.3 Å². The number of nitrogens with zero attached hydrogens (tertiary/aromatic N) is 2. The van der Waals surface area contributed by atoms with Crippen LogP contribution in [0, 0.1) is 0 Å². The van der Waals surface area contributed by atoms with E-state index in [0.717, 1.165) is 36.4 Å². The van der Waals surface area contributed by atoms with Crippen molar-refractivity contribution < 1.29 is 9.53 Å². The Bertz CT molecular complexity index is 1060. The zero-order valence-electron chi connectivity index (χ0n) is 19.4. The van der Waals surface area contributed by atoms with Crippen LogP contribution in [0.15, 0.2) is 91.8 Å². The van der Waals surface area contributed by atoms with Crippen LogP contribution < -0.4 is 15.4 Å². The SMILES string of the molecule is C=CCOc1ccccc1CN[C@H]1C[C@@H](C(=O)NCc2cccnc2)N(Cc2ccccc2)C1. The van der Waals surface area contributed by atoms with Crippen molar-refractivity contribution in [3.05, 3.63) is 108 Å². The first-order chi connectivity index (χ1) is 16.7. The largest absolute Gasteiger partial charge is 0.489 e. The number of carbonyl (C=O) groups excluding carboxylic acids is 1. The van der Waals surface area contributed by atoms with Gasteiger partial charge in [0.25, 0.3) is 0 Å². The molecular weight excluding hydrogens is 424 g/mol. The molecule has 176 valence electrons. The molecule has 1 aliphatic rings. The number of nitrogens with one attached hydrogen (secondary N) is 2. The summed E-state index contributed by atoms with van der Waals surface area (Å²) in [6.07, 6.45) is 6.02. The first-order valence-corrected chi connectivity index (χ1v) is 11.7. The molecule has 0 aliphatic carbocycles. The molecule has 0 bridgehead atoms. The summed E-state index contributed by atoms with van der Waals surface area (Å²) in [4.78, 5) is 19.6. The number of para-hydroxylation sites is 1. The quantitative estimate of drug-likeness (QED) is 0.431. The summed E-state index contributed by atoms with van der Waals surface area (Å²) in [6.45, 7) is 6.91. The predicted molar refractivity (Wildman–Crippen MR) is 134 cm³/mol. The Morgan fingerprint density at radius 1 is 1.06 bits per heavy atom. The van der Waals surface area contributed by atoms with Crippen LogP contribution in [0.5, 0.6) is 5.75 Å². The van der Waals surface area contributed by atoms with Gasteiger partial charge in [-0.2, -0.15) is 0 Å². The average Bonchev–Trinajstić information content (AvgIpc) is 3.29. The van der Waals surface area contributed by atoms with Gasteiger partial charge in [0.2, 0.25) is 5.91 Å². The second-order valence-electron chi connectivity index (χ2n) is 8.53. The van der Waals surface area contributed by atoms with Gasteiger partial charge in [0.15, 0.2) is 0 Å². The van der Waals surface area contributed by atoms with E-state index in [1.54, 1.807) is 18.5 Å². The normalized spacial score (nSPS) is 17.9. The highest BCUT2D eigenvalue weighted by molar-refractivity contribution is 5.82. The molecule has 1 saturated heterocycles. The number of hydrogen-bond donors (Lipinski definition) is 2. The van der Waals surface area contributed by atoms with E-state index < -0.39 is 0 Å². The first-order valence-electron chi connectivity index (χ1n) is 11.7. The molecule has 6 heteroatoms. The van der Waals surface area contributed by atoms with Gasteiger partial charge in [-0.25, -0.2) is 0 Å². The predicted octanol–water partition coefficient (Wildman–Crippen LogP) is 3.70. The second-order valence-corrected chi connectivity index (χ2v) is 8.53. The van der Waals surface area contributed by atoms with E-state index in [1.807, 2.05) is 48.5 Å². The maximum atomic E-state index is 13.2. The van der Waals surface area contributed by atoms with E-state index in [4.69, 9.17) is 4.74 Å². The summed E-state index contributed by atoms with van der Waals surface area (Å²) in [6, 6.07) is 22.2. The zero-order chi connectivity index (χ0) is 23.6. The molecule has 6 nitrogen and oxygen atoms in total. The second kappa shape index (κ2) is 12.1. The lowest BCUT2D eigenvalue weighted by Gasteiger charge is -2.23. The van der Waals surface area contributed by atoms with Crippen molar-refractivity contribution in [2.24, 2.45) is 0 Å². The summed E-state index contributed by atoms with van der Waals surface area (Å²) in [5, 5.41) is 6.76. The van der Waals surface area contributed by atoms with Crippen LogP contribution in [0.4, 0.5) is 0 Å². The van der Waals surface area contributed by atoms with Crippen molar-refractivity contribution in [2.75, 3.05) is 13.2 Å². The van der Waals surface area contributed by atoms with Crippen LogP contribution in [0.3, 0.4) is 0 Å². The number of ether oxygens (including phenoxy) is 1. The number of likely N-dealkylation sites (tertiary alicyclic amines) is 1. The Morgan fingerprint density at radius 3 is 2.65 bits per heavy atom. The standard InChI is InChI=1S/C28H32N4O2/c1-2-15-34-27-13-7-6-12-24(27)19-30-25-16-26(28(33)31-18-23-11-8-14-29-17-23)32(21-25)20-22-9-4-3-5-10-22/h2-14,17,25-26,30H,1,15-16,18-21H2,(H,31,33)/t25-,26-/m0/s1. The third-order valence-electron chi connectivity index (χ3n) is 6.03. The summed E-state index contributed by atoms with van der Waals surface area (Å²) in [7, 11) is 0. The summed E-state index contributed by atoms with van der Waals surface area (Å²) in [5.74, 6) is 0.915. The van der Waals surface area contributed by atoms with Crippen LogP contribution in [-0.4, -0.2) is 41.0 Å². The lowest BCUT2D eigenvalue weighted by molar-refractivity contribution is -0.125. The third kappa shape index (κ3) is 6.53. The fourth-order valence-electron chi connectivity index (χ4n) is 4.32. The zero-order valence-corrected chi connectivity index (χ0v) is 19.4. The molecule has 0 saturated carbocycles. The van der Waals surface area contributed by atoms with Gasteiger partial charge in [-0.05, 0) is 29.7 Å². The Hall–Kier alpha value is -3.48. The van der Waals surface area contributed by atoms with Crippen molar-refractivity contribution in [3.63, 3.8) is 0 Å². The van der Waals surface area contributed by atoms with Crippen LogP contribution in [0.1, 0.15) is 23.1 Å². The molecule has 4 rings (SSSR count). The Morgan fingerprint density at radius 2 is 1.85 bits per heavy atom. The number of hydrogen-bond acceptors (Lipinski definition) is 5. The highest BCUT2D eigenvalue weighted by Crippen LogP contribution is 2.23. The maximum Gasteiger partial charge on any atom is 0.237 e. The molecule has 0 radical (unpaired) electrons. The van der Waals surface area contributed by atoms with Crippen molar-refractivity contribution in [1.82, 2.24) is 20.5 Å². The number of amides is 1. The van der Waals surface area contributed by atoms with E-state index in [0.29, 0.717) is 19.7 Å².